The predicted octanol–water partition coefficient (Wildman–Crippen LogP) is 1.56. The summed E-state index contributed by atoms with van der Waals surface area (Å²) >= 11 is 0. The number of aryl methyl sites for hydroxylation is 1. The molecule has 0 fully saturated rings. The molecule has 0 unspecified atom stereocenters. The number of rotatable bonds is 8. The van der Waals surface area contributed by atoms with Crippen molar-refractivity contribution >= 4 is 11.9 Å². The maximum atomic E-state index is 12.2. The zero-order valence-electron chi connectivity index (χ0n) is 13.4. The molecule has 0 radical (unpaired) electrons. The van der Waals surface area contributed by atoms with E-state index in [4.69, 9.17) is 4.74 Å². The molecule has 2 aromatic rings. The van der Waals surface area contributed by atoms with Gasteiger partial charge in [0.05, 0.1) is 0 Å². The first-order valence-corrected chi connectivity index (χ1v) is 7.44. The Balaban J connectivity index is 1.95. The third kappa shape index (κ3) is 5.63. The molecule has 0 bridgehead atoms. The van der Waals surface area contributed by atoms with Gasteiger partial charge in [-0.3, -0.25) is 9.78 Å². The lowest BCUT2D eigenvalue weighted by Crippen LogP contribution is -2.24. The number of carbonyl (C=O) groups is 1. The Hall–Kier alpha value is -2.54. The summed E-state index contributed by atoms with van der Waals surface area (Å²) in [7, 11) is 1.66. The quantitative estimate of drug-likeness (QED) is 0.719. The first kappa shape index (κ1) is 16.8. The van der Waals surface area contributed by atoms with E-state index < -0.39 is 0 Å². The summed E-state index contributed by atoms with van der Waals surface area (Å²) in [4.78, 5) is 24.7. The number of hydrogen-bond donors (Lipinski definition) is 2. The van der Waals surface area contributed by atoms with Gasteiger partial charge in [0.1, 0.15) is 5.69 Å². The second-order valence-corrected chi connectivity index (χ2v) is 5.03. The molecule has 0 aliphatic heterocycles. The molecule has 0 aliphatic carbocycles. The lowest BCUT2D eigenvalue weighted by Gasteiger charge is -2.09. The molecule has 2 heterocycles. The van der Waals surface area contributed by atoms with Gasteiger partial charge in [-0.25, -0.2) is 9.97 Å². The fourth-order valence-electron chi connectivity index (χ4n) is 1.95. The maximum absolute atomic E-state index is 12.2. The van der Waals surface area contributed by atoms with Crippen molar-refractivity contribution in [3.05, 3.63) is 47.5 Å². The molecule has 7 nitrogen and oxygen atoms in total. The van der Waals surface area contributed by atoms with Gasteiger partial charge in [0, 0.05) is 44.9 Å². The molecule has 23 heavy (non-hydrogen) atoms. The standard InChI is InChI=1S/C16H21N5O2/c1-12-10-14(21-16(20-12)18-6-3-9-23-2)15(22)19-11-13-4-7-17-8-5-13/h4-5,7-8,10H,3,6,9,11H2,1-2H3,(H,19,22)(H,18,20,21). The minimum Gasteiger partial charge on any atom is -0.385 e. The largest absolute Gasteiger partial charge is 0.385 e. The van der Waals surface area contributed by atoms with Crippen LogP contribution in [-0.4, -0.2) is 41.1 Å². The SMILES string of the molecule is COCCCNc1nc(C)cc(C(=O)NCc2ccncc2)n1. The Morgan fingerprint density at radius 2 is 2.04 bits per heavy atom. The van der Waals surface area contributed by atoms with Gasteiger partial charge in [-0.1, -0.05) is 0 Å². The summed E-state index contributed by atoms with van der Waals surface area (Å²) in [5.74, 6) is 0.224. The molecule has 0 saturated heterocycles. The number of methoxy groups -OCH3 is 1. The summed E-state index contributed by atoms with van der Waals surface area (Å²) in [6, 6.07) is 5.38. The molecule has 0 aliphatic rings. The molecule has 2 rings (SSSR count). The van der Waals surface area contributed by atoms with E-state index in [2.05, 4.69) is 25.6 Å². The van der Waals surface area contributed by atoms with E-state index in [9.17, 15) is 4.79 Å². The van der Waals surface area contributed by atoms with Crippen molar-refractivity contribution in [1.29, 1.82) is 0 Å². The third-order valence-corrected chi connectivity index (χ3v) is 3.10. The van der Waals surface area contributed by atoms with Gasteiger partial charge >= 0.3 is 0 Å². The second kappa shape index (κ2) is 8.79. The van der Waals surface area contributed by atoms with Crippen molar-refractivity contribution in [2.75, 3.05) is 25.6 Å². The van der Waals surface area contributed by atoms with Crippen molar-refractivity contribution in [2.24, 2.45) is 0 Å². The fraction of sp³-hybridized carbons (Fsp3) is 0.375. The van der Waals surface area contributed by atoms with Crippen molar-refractivity contribution in [3.8, 4) is 0 Å². The average Bonchev–Trinajstić information content (AvgIpc) is 2.57. The van der Waals surface area contributed by atoms with Crippen LogP contribution in [0.5, 0.6) is 0 Å². The second-order valence-electron chi connectivity index (χ2n) is 5.03. The Kier molecular flexibility index (Phi) is 6.43. The number of hydrogen-bond acceptors (Lipinski definition) is 6. The van der Waals surface area contributed by atoms with E-state index in [-0.39, 0.29) is 5.91 Å². The van der Waals surface area contributed by atoms with Crippen LogP contribution in [-0.2, 0) is 11.3 Å². The molecular formula is C16H21N5O2. The van der Waals surface area contributed by atoms with E-state index in [1.165, 1.54) is 0 Å². The highest BCUT2D eigenvalue weighted by atomic mass is 16.5. The fourth-order valence-corrected chi connectivity index (χ4v) is 1.95. The van der Waals surface area contributed by atoms with Crippen molar-refractivity contribution in [2.45, 2.75) is 19.9 Å². The first-order valence-electron chi connectivity index (χ1n) is 7.44. The normalized spacial score (nSPS) is 10.3. The van der Waals surface area contributed by atoms with E-state index >= 15 is 0 Å². The van der Waals surface area contributed by atoms with Crippen molar-refractivity contribution < 1.29 is 9.53 Å². The third-order valence-electron chi connectivity index (χ3n) is 3.10. The number of nitrogens with zero attached hydrogens (tertiary/aromatic N) is 3. The molecule has 1 amide bonds. The van der Waals surface area contributed by atoms with Crippen LogP contribution in [0.2, 0.25) is 0 Å². The number of amides is 1. The molecule has 2 aromatic heterocycles. The van der Waals surface area contributed by atoms with Gasteiger partial charge in [-0.2, -0.15) is 0 Å². The minimum atomic E-state index is -0.229. The predicted molar refractivity (Wildman–Crippen MR) is 87.2 cm³/mol. The van der Waals surface area contributed by atoms with E-state index in [0.29, 0.717) is 31.3 Å². The smallest absolute Gasteiger partial charge is 0.270 e. The van der Waals surface area contributed by atoms with Gasteiger partial charge in [-0.05, 0) is 37.1 Å². The van der Waals surface area contributed by atoms with Gasteiger partial charge in [0.15, 0.2) is 0 Å². The monoisotopic (exact) mass is 315 g/mol. The van der Waals surface area contributed by atoms with E-state index in [1.807, 2.05) is 19.1 Å². The molecule has 0 spiro atoms. The minimum absolute atomic E-state index is 0.229. The number of carbonyl (C=O) groups excluding carboxylic acids is 1. The number of pyridine rings is 1. The van der Waals surface area contributed by atoms with E-state index in [0.717, 1.165) is 17.7 Å². The summed E-state index contributed by atoms with van der Waals surface area (Å²) in [6.07, 6.45) is 4.23. The van der Waals surface area contributed by atoms with Crippen LogP contribution in [0.4, 0.5) is 5.95 Å². The number of aromatic nitrogens is 3. The molecular weight excluding hydrogens is 294 g/mol. The van der Waals surface area contributed by atoms with Crippen LogP contribution < -0.4 is 10.6 Å². The van der Waals surface area contributed by atoms with Gasteiger partial charge < -0.3 is 15.4 Å². The van der Waals surface area contributed by atoms with Crippen LogP contribution in [0.15, 0.2) is 30.6 Å². The Bertz CT molecular complexity index is 634. The van der Waals surface area contributed by atoms with Gasteiger partial charge in [-0.15, -0.1) is 0 Å². The lowest BCUT2D eigenvalue weighted by atomic mass is 10.2. The first-order chi connectivity index (χ1) is 11.2. The van der Waals surface area contributed by atoms with Crippen molar-refractivity contribution in [3.63, 3.8) is 0 Å². The molecule has 7 heteroatoms. The summed E-state index contributed by atoms with van der Waals surface area (Å²) in [6.45, 7) is 3.62. The highest BCUT2D eigenvalue weighted by Crippen LogP contribution is 2.06. The lowest BCUT2D eigenvalue weighted by molar-refractivity contribution is 0.0945. The summed E-state index contributed by atoms with van der Waals surface area (Å²) in [5, 5.41) is 5.94. The van der Waals surface area contributed by atoms with Crippen LogP contribution in [0.25, 0.3) is 0 Å². The maximum Gasteiger partial charge on any atom is 0.270 e. The van der Waals surface area contributed by atoms with Crippen molar-refractivity contribution in [1.82, 2.24) is 20.3 Å². The number of ether oxygens (including phenoxy) is 1. The van der Waals surface area contributed by atoms with Crippen LogP contribution in [0.1, 0.15) is 28.2 Å². The van der Waals surface area contributed by atoms with Gasteiger partial charge in [0.25, 0.3) is 5.91 Å². The van der Waals surface area contributed by atoms with Crippen LogP contribution in [0.3, 0.4) is 0 Å². The molecule has 0 atom stereocenters. The zero-order valence-corrected chi connectivity index (χ0v) is 13.4. The summed E-state index contributed by atoms with van der Waals surface area (Å²) in [5.41, 5.74) is 2.07. The van der Waals surface area contributed by atoms with Gasteiger partial charge in [0.2, 0.25) is 5.95 Å². The summed E-state index contributed by atoms with van der Waals surface area (Å²) < 4.78 is 4.99. The molecule has 0 aromatic carbocycles. The Morgan fingerprint density at radius 1 is 1.26 bits per heavy atom. The van der Waals surface area contributed by atoms with Crippen LogP contribution in [0, 0.1) is 6.92 Å². The topological polar surface area (TPSA) is 89.0 Å². The highest BCUT2D eigenvalue weighted by Gasteiger charge is 2.10. The van der Waals surface area contributed by atoms with E-state index in [1.54, 1.807) is 25.6 Å². The Morgan fingerprint density at radius 3 is 2.78 bits per heavy atom. The molecule has 0 saturated carbocycles. The molecule has 2 N–H and O–H groups in total. The number of anilines is 1. The van der Waals surface area contributed by atoms with Crippen LogP contribution >= 0.6 is 0 Å². The highest BCUT2D eigenvalue weighted by molar-refractivity contribution is 5.92. The Labute approximate surface area is 135 Å². The molecule has 122 valence electrons. The average molecular weight is 315 g/mol. The number of nitrogens with one attached hydrogen (secondary N) is 2. The zero-order chi connectivity index (χ0) is 16.5.